The number of hydrogen-bond donors (Lipinski definition) is 0. The first kappa shape index (κ1) is 12.9. The second-order valence-corrected chi connectivity index (χ2v) is 2.13. The van der Waals surface area contributed by atoms with Crippen LogP contribution in [0.2, 0.25) is 0 Å². The monoisotopic (exact) mass is 152 g/mol. The van der Waals surface area contributed by atoms with Crippen molar-refractivity contribution in [1.82, 2.24) is 0 Å². The smallest absolute Gasteiger partial charge is 0.0350 e. The average Bonchev–Trinajstić information content (AvgIpc) is 1.97. The predicted molar refractivity (Wildman–Crippen MR) is 54.7 cm³/mol. The third kappa shape index (κ3) is 12.4. The molecule has 0 saturated carbocycles. The van der Waals surface area contributed by atoms with E-state index in [1.54, 1.807) is 0 Å². The lowest BCUT2D eigenvalue weighted by Gasteiger charge is -1.78. The van der Waals surface area contributed by atoms with Crippen LogP contribution in [0.1, 0.15) is 34.1 Å². The fourth-order valence-electron chi connectivity index (χ4n) is 0.581. The van der Waals surface area contributed by atoms with Gasteiger partial charge in [0.15, 0.2) is 0 Å². The standard InChI is InChI=1S/C10H16.CH4/c1-3-5-7-9-10-8-6-4-2;/h3,5,7-10H,4,6H2,1-2H3;1H4/b5-3+,9-7+,10-8-;. The Morgan fingerprint density at radius 1 is 1.00 bits per heavy atom. The highest BCUT2D eigenvalue weighted by atomic mass is 13.7. The molecule has 64 valence electrons. The number of rotatable bonds is 4. The molecule has 0 spiro atoms. The molecule has 0 radical (unpaired) electrons. The van der Waals surface area contributed by atoms with Crippen LogP contribution in [-0.2, 0) is 0 Å². The van der Waals surface area contributed by atoms with E-state index in [1.807, 2.05) is 25.2 Å². The van der Waals surface area contributed by atoms with Gasteiger partial charge in [0.05, 0.1) is 0 Å². The minimum absolute atomic E-state index is 0. The van der Waals surface area contributed by atoms with Crippen LogP contribution in [-0.4, -0.2) is 0 Å². The highest BCUT2D eigenvalue weighted by Gasteiger charge is 1.67. The summed E-state index contributed by atoms with van der Waals surface area (Å²) >= 11 is 0. The lowest BCUT2D eigenvalue weighted by Crippen LogP contribution is -1.58. The van der Waals surface area contributed by atoms with Crippen LogP contribution in [0.3, 0.4) is 0 Å². The molecule has 0 unspecified atom stereocenters. The summed E-state index contributed by atoms with van der Waals surface area (Å²) in [5.74, 6) is 0. The molecule has 0 saturated heterocycles. The van der Waals surface area contributed by atoms with Crippen LogP contribution in [0.4, 0.5) is 0 Å². The molecule has 0 N–H and O–H groups in total. The molecule has 0 nitrogen and oxygen atoms in total. The Bertz CT molecular complexity index is 127. The largest absolute Gasteiger partial charge is 0.0877 e. The molecule has 11 heavy (non-hydrogen) atoms. The summed E-state index contributed by atoms with van der Waals surface area (Å²) in [6.45, 7) is 4.19. The molecule has 0 amide bonds. The molecule has 0 rings (SSSR count). The van der Waals surface area contributed by atoms with Gasteiger partial charge in [0.25, 0.3) is 0 Å². The maximum absolute atomic E-state index is 2.18. The first-order valence-corrected chi connectivity index (χ1v) is 3.86. The van der Waals surface area contributed by atoms with Gasteiger partial charge in [-0.15, -0.1) is 0 Å². The van der Waals surface area contributed by atoms with Gasteiger partial charge in [-0.05, 0) is 13.3 Å². The van der Waals surface area contributed by atoms with Crippen molar-refractivity contribution in [2.24, 2.45) is 0 Å². The zero-order valence-electron chi connectivity index (χ0n) is 6.88. The van der Waals surface area contributed by atoms with Crippen LogP contribution in [0, 0.1) is 0 Å². The summed E-state index contributed by atoms with van der Waals surface area (Å²) in [6, 6.07) is 0. The molecule has 0 heterocycles. The number of allylic oxidation sites excluding steroid dienone is 6. The SMILES string of the molecule is C.C/C=C/C=C/C=C\CCC. The Balaban J connectivity index is 0. The summed E-state index contributed by atoms with van der Waals surface area (Å²) < 4.78 is 0. The molecule has 0 bridgehead atoms. The lowest BCUT2D eigenvalue weighted by molar-refractivity contribution is 0.959. The molecular formula is C11H20. The Hall–Kier alpha value is -0.780. The van der Waals surface area contributed by atoms with E-state index in [9.17, 15) is 0 Å². The van der Waals surface area contributed by atoms with Gasteiger partial charge in [0, 0.05) is 0 Å². The van der Waals surface area contributed by atoms with Crippen LogP contribution < -0.4 is 0 Å². The Morgan fingerprint density at radius 3 is 2.18 bits per heavy atom. The van der Waals surface area contributed by atoms with Crippen LogP contribution >= 0.6 is 0 Å². The van der Waals surface area contributed by atoms with E-state index in [-0.39, 0.29) is 7.43 Å². The third-order valence-corrected chi connectivity index (χ3v) is 1.12. The number of hydrogen-bond acceptors (Lipinski definition) is 0. The minimum atomic E-state index is 0. The second-order valence-electron chi connectivity index (χ2n) is 2.13. The van der Waals surface area contributed by atoms with E-state index in [0.29, 0.717) is 0 Å². The van der Waals surface area contributed by atoms with Crippen LogP contribution in [0.15, 0.2) is 36.5 Å². The van der Waals surface area contributed by atoms with Crippen molar-refractivity contribution >= 4 is 0 Å². The highest BCUT2D eigenvalue weighted by Crippen LogP contribution is 1.88. The van der Waals surface area contributed by atoms with Gasteiger partial charge in [-0.1, -0.05) is 57.2 Å². The van der Waals surface area contributed by atoms with Crippen LogP contribution in [0.5, 0.6) is 0 Å². The van der Waals surface area contributed by atoms with E-state index in [2.05, 4.69) is 25.2 Å². The summed E-state index contributed by atoms with van der Waals surface area (Å²) in [6.07, 6.45) is 14.8. The Kier molecular flexibility index (Phi) is 14.0. The molecule has 0 aliphatic heterocycles. The van der Waals surface area contributed by atoms with E-state index < -0.39 is 0 Å². The summed E-state index contributed by atoms with van der Waals surface area (Å²) in [5.41, 5.74) is 0. The van der Waals surface area contributed by atoms with E-state index in [0.717, 1.165) is 0 Å². The van der Waals surface area contributed by atoms with E-state index >= 15 is 0 Å². The van der Waals surface area contributed by atoms with Crippen LogP contribution in [0.25, 0.3) is 0 Å². The van der Waals surface area contributed by atoms with E-state index in [1.165, 1.54) is 12.8 Å². The molecular weight excluding hydrogens is 132 g/mol. The van der Waals surface area contributed by atoms with Gasteiger partial charge in [-0.25, -0.2) is 0 Å². The van der Waals surface area contributed by atoms with Crippen molar-refractivity contribution in [3.63, 3.8) is 0 Å². The van der Waals surface area contributed by atoms with Crippen molar-refractivity contribution < 1.29 is 0 Å². The molecule has 0 fully saturated rings. The molecule has 0 aromatic heterocycles. The zero-order valence-corrected chi connectivity index (χ0v) is 6.88. The van der Waals surface area contributed by atoms with Gasteiger partial charge >= 0.3 is 0 Å². The molecule has 0 heteroatoms. The summed E-state index contributed by atoms with van der Waals surface area (Å²) in [4.78, 5) is 0. The minimum Gasteiger partial charge on any atom is -0.0877 e. The molecule has 0 aliphatic rings. The maximum Gasteiger partial charge on any atom is -0.0350 e. The van der Waals surface area contributed by atoms with Gasteiger partial charge < -0.3 is 0 Å². The van der Waals surface area contributed by atoms with Gasteiger partial charge in [-0.2, -0.15) is 0 Å². The first-order chi connectivity index (χ1) is 4.91. The van der Waals surface area contributed by atoms with E-state index in [4.69, 9.17) is 0 Å². The molecule has 0 aromatic rings. The highest BCUT2D eigenvalue weighted by molar-refractivity contribution is 5.10. The summed E-state index contributed by atoms with van der Waals surface area (Å²) in [7, 11) is 0. The average molecular weight is 152 g/mol. The fourth-order valence-corrected chi connectivity index (χ4v) is 0.581. The quantitative estimate of drug-likeness (QED) is 0.532. The number of unbranched alkanes of at least 4 members (excludes halogenated alkanes) is 1. The van der Waals surface area contributed by atoms with Crippen molar-refractivity contribution in [3.8, 4) is 0 Å². The zero-order chi connectivity index (χ0) is 7.66. The molecule has 0 atom stereocenters. The third-order valence-electron chi connectivity index (χ3n) is 1.12. The predicted octanol–water partition coefficient (Wildman–Crippen LogP) is 4.11. The Labute approximate surface area is 71.3 Å². The van der Waals surface area contributed by atoms with Gasteiger partial charge in [-0.3, -0.25) is 0 Å². The first-order valence-electron chi connectivity index (χ1n) is 3.86. The van der Waals surface area contributed by atoms with Gasteiger partial charge in [0.2, 0.25) is 0 Å². The normalized spacial score (nSPS) is 11.5. The van der Waals surface area contributed by atoms with Crippen molar-refractivity contribution in [2.75, 3.05) is 0 Å². The van der Waals surface area contributed by atoms with Crippen molar-refractivity contribution in [1.29, 1.82) is 0 Å². The topological polar surface area (TPSA) is 0 Å². The second kappa shape index (κ2) is 12.0. The summed E-state index contributed by atoms with van der Waals surface area (Å²) in [5, 5.41) is 0. The fraction of sp³-hybridized carbons (Fsp3) is 0.455. The molecule has 0 aromatic carbocycles. The maximum atomic E-state index is 2.18. The van der Waals surface area contributed by atoms with Crippen molar-refractivity contribution in [2.45, 2.75) is 34.1 Å². The lowest BCUT2D eigenvalue weighted by atomic mass is 10.3. The molecule has 0 aliphatic carbocycles. The Morgan fingerprint density at radius 2 is 1.64 bits per heavy atom. The van der Waals surface area contributed by atoms with Gasteiger partial charge in [0.1, 0.15) is 0 Å². The van der Waals surface area contributed by atoms with Crippen molar-refractivity contribution in [3.05, 3.63) is 36.5 Å².